The normalized spacial score (nSPS) is 12.2. The highest BCUT2D eigenvalue weighted by molar-refractivity contribution is 5.39. The van der Waals surface area contributed by atoms with E-state index in [1.54, 1.807) is 0 Å². The highest BCUT2D eigenvalue weighted by atomic mass is 16.5. The molecule has 0 bridgehead atoms. The van der Waals surface area contributed by atoms with Gasteiger partial charge in [-0.3, -0.25) is 0 Å². The summed E-state index contributed by atoms with van der Waals surface area (Å²) in [5.41, 5.74) is 4.96. The lowest BCUT2D eigenvalue weighted by Crippen LogP contribution is -2.14. The summed E-state index contributed by atoms with van der Waals surface area (Å²) >= 11 is 0. The zero-order chi connectivity index (χ0) is 14.5. The lowest BCUT2D eigenvalue weighted by molar-refractivity contribution is 0.299. The Morgan fingerprint density at radius 3 is 2.55 bits per heavy atom. The first-order chi connectivity index (χ1) is 9.61. The molecule has 2 rings (SSSR count). The van der Waals surface area contributed by atoms with Crippen molar-refractivity contribution in [3.63, 3.8) is 0 Å². The number of hydrogen-bond donors (Lipinski definition) is 1. The fourth-order valence-electron chi connectivity index (χ4n) is 2.22. The maximum absolute atomic E-state index is 6.04. The van der Waals surface area contributed by atoms with Gasteiger partial charge in [0.25, 0.3) is 0 Å². The van der Waals surface area contributed by atoms with Gasteiger partial charge in [0, 0.05) is 11.6 Å². The Bertz CT molecular complexity index is 577. The molecule has 0 spiro atoms. The first-order valence-corrected chi connectivity index (χ1v) is 7.07. The summed E-state index contributed by atoms with van der Waals surface area (Å²) in [6.45, 7) is 6.98. The zero-order valence-electron chi connectivity index (χ0n) is 12.7. The topological polar surface area (TPSA) is 21.3 Å². The molecule has 1 N–H and O–H groups in total. The zero-order valence-corrected chi connectivity index (χ0v) is 12.7. The van der Waals surface area contributed by atoms with Crippen LogP contribution in [0.15, 0.2) is 42.5 Å². The van der Waals surface area contributed by atoms with Gasteiger partial charge in [0.1, 0.15) is 12.4 Å². The first kappa shape index (κ1) is 14.6. The van der Waals surface area contributed by atoms with Crippen molar-refractivity contribution < 1.29 is 4.74 Å². The predicted molar refractivity (Wildman–Crippen MR) is 84.2 cm³/mol. The average Bonchev–Trinajstić information content (AvgIpc) is 2.46. The van der Waals surface area contributed by atoms with E-state index < -0.39 is 0 Å². The van der Waals surface area contributed by atoms with E-state index in [-0.39, 0.29) is 6.04 Å². The van der Waals surface area contributed by atoms with Crippen molar-refractivity contribution in [2.75, 3.05) is 7.05 Å². The largest absolute Gasteiger partial charge is 0.489 e. The summed E-state index contributed by atoms with van der Waals surface area (Å²) in [6.07, 6.45) is 0. The molecule has 20 heavy (non-hydrogen) atoms. The van der Waals surface area contributed by atoms with E-state index in [0.717, 1.165) is 5.75 Å². The van der Waals surface area contributed by atoms with Gasteiger partial charge in [-0.05, 0) is 45.0 Å². The Hall–Kier alpha value is -1.80. The van der Waals surface area contributed by atoms with Crippen molar-refractivity contribution in [3.8, 4) is 5.75 Å². The number of benzene rings is 2. The van der Waals surface area contributed by atoms with E-state index in [9.17, 15) is 0 Å². The van der Waals surface area contributed by atoms with Crippen LogP contribution in [-0.2, 0) is 6.61 Å². The molecule has 2 aromatic carbocycles. The molecule has 2 heteroatoms. The summed E-state index contributed by atoms with van der Waals surface area (Å²) in [7, 11) is 1.97. The standard InChI is InChI=1S/C18H23NO/c1-13-9-10-18(17(11-13)15(3)19-4)20-12-16-8-6-5-7-14(16)2/h5-11,15,19H,12H2,1-4H3. The van der Waals surface area contributed by atoms with Crippen LogP contribution in [-0.4, -0.2) is 7.05 Å². The minimum Gasteiger partial charge on any atom is -0.489 e. The fraction of sp³-hybridized carbons (Fsp3) is 0.333. The number of rotatable bonds is 5. The van der Waals surface area contributed by atoms with Gasteiger partial charge in [-0.1, -0.05) is 42.0 Å². The first-order valence-electron chi connectivity index (χ1n) is 7.07. The Kier molecular flexibility index (Phi) is 4.80. The predicted octanol–water partition coefficient (Wildman–Crippen LogP) is 4.16. The molecule has 0 saturated heterocycles. The quantitative estimate of drug-likeness (QED) is 0.880. The molecular weight excluding hydrogens is 246 g/mol. The molecular formula is C18H23NO. The SMILES string of the molecule is CNC(C)c1cc(C)ccc1OCc1ccccc1C. The Balaban J connectivity index is 2.19. The summed E-state index contributed by atoms with van der Waals surface area (Å²) in [4.78, 5) is 0. The number of nitrogens with one attached hydrogen (secondary N) is 1. The fourth-order valence-corrected chi connectivity index (χ4v) is 2.22. The summed E-state index contributed by atoms with van der Waals surface area (Å²) in [6, 6.07) is 15.0. The second-order valence-electron chi connectivity index (χ2n) is 5.27. The van der Waals surface area contributed by atoms with E-state index in [0.29, 0.717) is 6.61 Å². The summed E-state index contributed by atoms with van der Waals surface area (Å²) in [5, 5.41) is 3.28. The van der Waals surface area contributed by atoms with Gasteiger partial charge in [0.15, 0.2) is 0 Å². The van der Waals surface area contributed by atoms with Crippen LogP contribution in [0.2, 0.25) is 0 Å². The maximum Gasteiger partial charge on any atom is 0.124 e. The van der Waals surface area contributed by atoms with Gasteiger partial charge < -0.3 is 10.1 Å². The lowest BCUT2D eigenvalue weighted by atomic mass is 10.0. The van der Waals surface area contributed by atoms with Crippen LogP contribution in [0.4, 0.5) is 0 Å². The third kappa shape index (κ3) is 3.40. The molecule has 0 aliphatic rings. The molecule has 2 aromatic rings. The minimum atomic E-state index is 0.279. The van der Waals surface area contributed by atoms with E-state index in [1.165, 1.54) is 22.3 Å². The third-order valence-corrected chi connectivity index (χ3v) is 3.71. The van der Waals surface area contributed by atoms with Gasteiger partial charge in [0.05, 0.1) is 0 Å². The lowest BCUT2D eigenvalue weighted by Gasteiger charge is -2.18. The van der Waals surface area contributed by atoms with Crippen molar-refractivity contribution in [2.24, 2.45) is 0 Å². The molecule has 0 aromatic heterocycles. The second kappa shape index (κ2) is 6.58. The van der Waals surface area contributed by atoms with Crippen LogP contribution in [0.3, 0.4) is 0 Å². The number of hydrogen-bond acceptors (Lipinski definition) is 2. The van der Waals surface area contributed by atoms with Gasteiger partial charge in [0.2, 0.25) is 0 Å². The Morgan fingerprint density at radius 2 is 1.85 bits per heavy atom. The molecule has 106 valence electrons. The highest BCUT2D eigenvalue weighted by Gasteiger charge is 2.10. The van der Waals surface area contributed by atoms with E-state index in [2.05, 4.69) is 68.6 Å². The summed E-state index contributed by atoms with van der Waals surface area (Å²) < 4.78 is 6.04. The van der Waals surface area contributed by atoms with Crippen LogP contribution in [0.5, 0.6) is 5.75 Å². The highest BCUT2D eigenvalue weighted by Crippen LogP contribution is 2.27. The molecule has 2 nitrogen and oxygen atoms in total. The molecule has 0 radical (unpaired) electrons. The van der Waals surface area contributed by atoms with Crippen molar-refractivity contribution in [1.82, 2.24) is 5.32 Å². The number of ether oxygens (including phenoxy) is 1. The van der Waals surface area contributed by atoms with Crippen LogP contribution in [0.25, 0.3) is 0 Å². The van der Waals surface area contributed by atoms with Crippen molar-refractivity contribution >= 4 is 0 Å². The molecule has 1 unspecified atom stereocenters. The molecule has 1 atom stereocenters. The molecule has 0 fully saturated rings. The van der Waals surface area contributed by atoms with E-state index >= 15 is 0 Å². The van der Waals surface area contributed by atoms with Crippen molar-refractivity contribution in [2.45, 2.75) is 33.4 Å². The van der Waals surface area contributed by atoms with E-state index in [4.69, 9.17) is 4.74 Å². The van der Waals surface area contributed by atoms with Crippen LogP contribution in [0, 0.1) is 13.8 Å². The average molecular weight is 269 g/mol. The molecule has 0 aliphatic carbocycles. The van der Waals surface area contributed by atoms with Gasteiger partial charge in [-0.25, -0.2) is 0 Å². The monoisotopic (exact) mass is 269 g/mol. The maximum atomic E-state index is 6.04. The summed E-state index contributed by atoms with van der Waals surface area (Å²) in [5.74, 6) is 0.959. The van der Waals surface area contributed by atoms with Crippen LogP contribution < -0.4 is 10.1 Å². The van der Waals surface area contributed by atoms with Gasteiger partial charge in [-0.15, -0.1) is 0 Å². The molecule has 0 saturated carbocycles. The minimum absolute atomic E-state index is 0.279. The Morgan fingerprint density at radius 1 is 1.10 bits per heavy atom. The van der Waals surface area contributed by atoms with Gasteiger partial charge >= 0.3 is 0 Å². The van der Waals surface area contributed by atoms with E-state index in [1.807, 2.05) is 7.05 Å². The third-order valence-electron chi connectivity index (χ3n) is 3.71. The van der Waals surface area contributed by atoms with Gasteiger partial charge in [-0.2, -0.15) is 0 Å². The smallest absolute Gasteiger partial charge is 0.124 e. The van der Waals surface area contributed by atoms with Crippen molar-refractivity contribution in [3.05, 3.63) is 64.7 Å². The second-order valence-corrected chi connectivity index (χ2v) is 5.27. The molecule has 0 heterocycles. The molecule has 0 aliphatic heterocycles. The molecule has 0 amide bonds. The van der Waals surface area contributed by atoms with Crippen LogP contribution in [0.1, 0.15) is 35.2 Å². The Labute approximate surface area is 121 Å². The van der Waals surface area contributed by atoms with Crippen LogP contribution >= 0.6 is 0 Å². The number of aryl methyl sites for hydroxylation is 2. The van der Waals surface area contributed by atoms with Crippen molar-refractivity contribution in [1.29, 1.82) is 0 Å².